The third kappa shape index (κ3) is 4.08. The Morgan fingerprint density at radius 2 is 2.10 bits per heavy atom. The van der Waals surface area contributed by atoms with Gasteiger partial charge >= 0.3 is 6.18 Å². The molecule has 8 nitrogen and oxygen atoms in total. The number of nitrogens with one attached hydrogen (secondary N) is 1. The summed E-state index contributed by atoms with van der Waals surface area (Å²) >= 11 is 0. The lowest BCUT2D eigenvalue weighted by Crippen LogP contribution is -2.38. The number of nitrogens with zero attached hydrogens (tertiary/aromatic N) is 6. The van der Waals surface area contributed by atoms with E-state index in [9.17, 15) is 18.0 Å². The van der Waals surface area contributed by atoms with E-state index >= 15 is 0 Å². The highest BCUT2D eigenvalue weighted by atomic mass is 19.4. The highest BCUT2D eigenvalue weighted by Crippen LogP contribution is 2.38. The van der Waals surface area contributed by atoms with Crippen LogP contribution in [0.3, 0.4) is 0 Å². The average molecular weight is 419 g/mol. The maximum Gasteiger partial charge on any atom is 0.397 e. The Morgan fingerprint density at radius 1 is 1.33 bits per heavy atom. The van der Waals surface area contributed by atoms with Crippen LogP contribution in [0.5, 0.6) is 0 Å². The number of aromatic amines is 1. The van der Waals surface area contributed by atoms with E-state index in [4.69, 9.17) is 5.26 Å². The number of alkyl halides is 3. The minimum absolute atomic E-state index is 0.0579. The summed E-state index contributed by atoms with van der Waals surface area (Å²) in [5.74, 6) is -0.810. The lowest BCUT2D eigenvalue weighted by atomic mass is 9.80. The van der Waals surface area contributed by atoms with Crippen molar-refractivity contribution in [2.24, 2.45) is 5.92 Å². The predicted molar refractivity (Wildman–Crippen MR) is 100 cm³/mol. The molecule has 3 aromatic heterocycles. The Kier molecular flexibility index (Phi) is 5.32. The molecule has 0 unspecified atom stereocenters. The van der Waals surface area contributed by atoms with Gasteiger partial charge in [-0.15, -0.1) is 5.10 Å². The van der Waals surface area contributed by atoms with Crippen molar-refractivity contribution in [2.75, 3.05) is 13.1 Å². The Morgan fingerprint density at radius 3 is 2.80 bits per heavy atom. The zero-order valence-corrected chi connectivity index (χ0v) is 16.1. The number of amides is 1. The molecule has 1 saturated carbocycles. The number of H-pyrrole nitrogens is 1. The average Bonchev–Trinajstić information content (AvgIpc) is 3.33. The molecule has 1 amide bonds. The number of carbonyl (C=O) groups is 1. The Balaban J connectivity index is 1.44. The second-order valence-electron chi connectivity index (χ2n) is 7.69. The molecule has 30 heavy (non-hydrogen) atoms. The number of nitriles is 1. The van der Waals surface area contributed by atoms with E-state index in [-0.39, 0.29) is 24.9 Å². The van der Waals surface area contributed by atoms with Crippen LogP contribution < -0.4 is 0 Å². The molecular weight excluding hydrogens is 399 g/mol. The van der Waals surface area contributed by atoms with E-state index < -0.39 is 18.5 Å². The maximum atomic E-state index is 12.6. The third-order valence-corrected chi connectivity index (χ3v) is 5.68. The summed E-state index contributed by atoms with van der Waals surface area (Å²) in [4.78, 5) is 20.3. The molecule has 158 valence electrons. The Hall–Kier alpha value is -3.16. The molecule has 0 spiro atoms. The lowest BCUT2D eigenvalue weighted by Gasteiger charge is -2.31. The van der Waals surface area contributed by atoms with Crippen molar-refractivity contribution in [3.05, 3.63) is 24.3 Å². The van der Waals surface area contributed by atoms with Crippen molar-refractivity contribution >= 4 is 22.5 Å². The van der Waals surface area contributed by atoms with Crippen molar-refractivity contribution in [3.8, 4) is 6.07 Å². The molecule has 1 N–H and O–H groups in total. The number of hydrogen-bond acceptors (Lipinski definition) is 5. The van der Waals surface area contributed by atoms with Crippen LogP contribution in [0.25, 0.3) is 16.6 Å². The second-order valence-corrected chi connectivity index (χ2v) is 7.69. The van der Waals surface area contributed by atoms with Crippen LogP contribution in [0.1, 0.15) is 43.7 Å². The van der Waals surface area contributed by atoms with Crippen LogP contribution in [0, 0.1) is 17.2 Å². The molecule has 3 aromatic rings. The van der Waals surface area contributed by atoms with E-state index in [1.165, 1.54) is 0 Å². The molecule has 1 fully saturated rings. The fraction of sp³-hybridized carbons (Fsp3) is 0.526. The van der Waals surface area contributed by atoms with E-state index in [0.717, 1.165) is 52.8 Å². The van der Waals surface area contributed by atoms with Gasteiger partial charge in [0.1, 0.15) is 30.5 Å². The molecule has 3 heterocycles. The van der Waals surface area contributed by atoms with Crippen LogP contribution in [0.15, 0.2) is 18.6 Å². The molecule has 11 heteroatoms. The second kappa shape index (κ2) is 7.93. The molecular formula is C19H20F3N7O. The van der Waals surface area contributed by atoms with Crippen molar-refractivity contribution in [3.63, 3.8) is 0 Å². The van der Waals surface area contributed by atoms with Crippen LogP contribution in [0.4, 0.5) is 13.2 Å². The first-order valence-corrected chi connectivity index (χ1v) is 9.74. The van der Waals surface area contributed by atoms with E-state index in [1.54, 1.807) is 16.9 Å². The van der Waals surface area contributed by atoms with Crippen LogP contribution in [-0.4, -0.2) is 54.9 Å². The van der Waals surface area contributed by atoms with Crippen molar-refractivity contribution in [1.82, 2.24) is 29.7 Å². The van der Waals surface area contributed by atoms with Gasteiger partial charge in [0.05, 0.1) is 11.8 Å². The van der Waals surface area contributed by atoms with Gasteiger partial charge in [0.25, 0.3) is 0 Å². The molecule has 0 atom stereocenters. The highest BCUT2D eigenvalue weighted by molar-refractivity contribution is 5.92. The summed E-state index contributed by atoms with van der Waals surface area (Å²) in [5, 5.41) is 18.4. The number of fused-ring (bicyclic) bond motifs is 3. The topological polar surface area (TPSA) is 103 Å². The van der Waals surface area contributed by atoms with E-state index in [0.29, 0.717) is 0 Å². The first kappa shape index (κ1) is 20.1. The van der Waals surface area contributed by atoms with Gasteiger partial charge in [-0.3, -0.25) is 4.79 Å². The van der Waals surface area contributed by atoms with Gasteiger partial charge in [-0.1, -0.05) is 5.21 Å². The number of aromatic nitrogens is 5. The molecule has 1 aliphatic rings. The number of halogens is 3. The van der Waals surface area contributed by atoms with Gasteiger partial charge in [0.15, 0.2) is 0 Å². The van der Waals surface area contributed by atoms with E-state index in [1.807, 2.05) is 12.3 Å². The fourth-order valence-corrected chi connectivity index (χ4v) is 4.25. The molecule has 0 aliphatic heterocycles. The monoisotopic (exact) mass is 419 g/mol. The van der Waals surface area contributed by atoms with Gasteiger partial charge in [0.2, 0.25) is 5.91 Å². The minimum atomic E-state index is -4.57. The zero-order chi connectivity index (χ0) is 21.3. The molecule has 0 bridgehead atoms. The largest absolute Gasteiger partial charge is 0.397 e. The smallest absolute Gasteiger partial charge is 0.346 e. The summed E-state index contributed by atoms with van der Waals surface area (Å²) in [5.41, 5.74) is 2.56. The van der Waals surface area contributed by atoms with Crippen LogP contribution in [0.2, 0.25) is 0 Å². The first-order valence-electron chi connectivity index (χ1n) is 9.74. The standard InChI is InChI=1S/C19H20F3N7O/c20-19(21,22)9-15(30)28(8-6-23)10-12-1-3-13(4-2-12)16-17-14-5-7-24-18(14)25-11-29(17)27-26-16/h5,7,11-13,24H,1-4,8-10H2. The fourth-order valence-electron chi connectivity index (χ4n) is 4.25. The summed E-state index contributed by atoms with van der Waals surface area (Å²) in [6, 6.07) is 3.73. The van der Waals surface area contributed by atoms with E-state index in [2.05, 4.69) is 20.3 Å². The molecule has 0 aromatic carbocycles. The molecule has 0 saturated heterocycles. The van der Waals surface area contributed by atoms with Crippen LogP contribution >= 0.6 is 0 Å². The first-order chi connectivity index (χ1) is 14.4. The number of carbonyl (C=O) groups excluding carboxylic acids is 1. The summed E-state index contributed by atoms with van der Waals surface area (Å²) in [6.45, 7) is -0.160. The van der Waals surface area contributed by atoms with Gasteiger partial charge in [-0.25, -0.2) is 9.50 Å². The van der Waals surface area contributed by atoms with Gasteiger partial charge in [-0.05, 0) is 37.7 Å². The van der Waals surface area contributed by atoms with Crippen molar-refractivity contribution in [1.29, 1.82) is 5.26 Å². The SMILES string of the molecule is N#CCN(CC1CCC(c2nnn3cnc4[nH]ccc4c23)CC1)C(=O)CC(F)(F)F. The van der Waals surface area contributed by atoms with Gasteiger partial charge in [-0.2, -0.15) is 18.4 Å². The number of hydrogen-bond donors (Lipinski definition) is 1. The Labute approximate surface area is 169 Å². The van der Waals surface area contributed by atoms with Gasteiger partial charge < -0.3 is 9.88 Å². The third-order valence-electron chi connectivity index (χ3n) is 5.68. The molecule has 1 aliphatic carbocycles. The Bertz CT molecular complexity index is 1090. The summed E-state index contributed by atoms with van der Waals surface area (Å²) in [6.07, 6.45) is 0.392. The number of rotatable bonds is 5. The molecule has 4 rings (SSSR count). The maximum absolute atomic E-state index is 12.6. The molecule has 0 radical (unpaired) electrons. The van der Waals surface area contributed by atoms with Crippen molar-refractivity contribution in [2.45, 2.75) is 44.2 Å². The summed E-state index contributed by atoms with van der Waals surface area (Å²) < 4.78 is 39.3. The van der Waals surface area contributed by atoms with Gasteiger partial charge in [0, 0.05) is 24.0 Å². The van der Waals surface area contributed by atoms with Crippen molar-refractivity contribution < 1.29 is 18.0 Å². The van der Waals surface area contributed by atoms with Crippen LogP contribution in [-0.2, 0) is 4.79 Å². The highest BCUT2D eigenvalue weighted by Gasteiger charge is 2.35. The summed E-state index contributed by atoms with van der Waals surface area (Å²) in [7, 11) is 0. The lowest BCUT2D eigenvalue weighted by molar-refractivity contribution is -0.161. The minimum Gasteiger partial charge on any atom is -0.346 e. The quantitative estimate of drug-likeness (QED) is 0.640. The predicted octanol–water partition coefficient (Wildman–Crippen LogP) is 3.18. The normalized spacial score (nSPS) is 19.8. The zero-order valence-electron chi connectivity index (χ0n) is 16.1.